The highest BCUT2D eigenvalue weighted by Crippen LogP contribution is 2.17. The average molecular weight is 255 g/mol. The molecule has 3 nitrogen and oxygen atoms in total. The van der Waals surface area contributed by atoms with Crippen molar-refractivity contribution in [1.82, 2.24) is 10.3 Å². The lowest BCUT2D eigenvalue weighted by Gasteiger charge is -2.10. The summed E-state index contributed by atoms with van der Waals surface area (Å²) in [5.74, 6) is 0. The summed E-state index contributed by atoms with van der Waals surface area (Å²) in [6, 6.07) is 0.387. The predicted octanol–water partition coefficient (Wildman–Crippen LogP) is 3.01. The predicted molar refractivity (Wildman–Crippen MR) is 75.4 cm³/mol. The van der Waals surface area contributed by atoms with E-state index >= 15 is 0 Å². The molecule has 1 heterocycles. The van der Waals surface area contributed by atoms with Crippen molar-refractivity contribution in [1.29, 1.82) is 0 Å². The van der Waals surface area contributed by atoms with Crippen molar-refractivity contribution in [2.75, 3.05) is 13.1 Å². The molecule has 0 amide bonds. The highest BCUT2D eigenvalue weighted by molar-refractivity contribution is 7.09. The maximum Gasteiger partial charge on any atom is 0.110 e. The SMILES string of the molecule is Cc1csc(C(C)NCCCCCCCN)n1. The lowest BCUT2D eigenvalue weighted by Crippen LogP contribution is -2.19. The molecule has 0 aromatic carbocycles. The zero-order valence-corrected chi connectivity index (χ0v) is 11.9. The highest BCUT2D eigenvalue weighted by Gasteiger charge is 2.07. The van der Waals surface area contributed by atoms with E-state index < -0.39 is 0 Å². The topological polar surface area (TPSA) is 50.9 Å². The number of nitrogens with zero attached hydrogens (tertiary/aromatic N) is 1. The number of hydrogen-bond donors (Lipinski definition) is 2. The molecule has 1 aromatic heterocycles. The summed E-state index contributed by atoms with van der Waals surface area (Å²) in [7, 11) is 0. The largest absolute Gasteiger partial charge is 0.330 e. The second-order valence-corrected chi connectivity index (χ2v) is 5.45. The molecule has 1 unspecified atom stereocenters. The molecule has 0 aliphatic carbocycles. The van der Waals surface area contributed by atoms with Gasteiger partial charge in [0, 0.05) is 11.1 Å². The van der Waals surface area contributed by atoms with Gasteiger partial charge in [-0.15, -0.1) is 11.3 Å². The van der Waals surface area contributed by atoms with Gasteiger partial charge in [0.15, 0.2) is 0 Å². The Kier molecular flexibility index (Phi) is 7.40. The first-order chi connectivity index (χ1) is 8.24. The summed E-state index contributed by atoms with van der Waals surface area (Å²) >= 11 is 1.75. The number of hydrogen-bond acceptors (Lipinski definition) is 4. The third kappa shape index (κ3) is 6.15. The fourth-order valence-corrected chi connectivity index (χ4v) is 2.60. The van der Waals surface area contributed by atoms with Gasteiger partial charge in [-0.05, 0) is 39.8 Å². The molecule has 4 heteroatoms. The van der Waals surface area contributed by atoms with Crippen LogP contribution in [0, 0.1) is 6.92 Å². The molecular weight excluding hydrogens is 230 g/mol. The Labute approximate surface area is 109 Å². The number of nitrogens with one attached hydrogen (secondary N) is 1. The second-order valence-electron chi connectivity index (χ2n) is 4.56. The molecule has 0 radical (unpaired) electrons. The number of aryl methyl sites for hydroxylation is 1. The van der Waals surface area contributed by atoms with Crippen molar-refractivity contribution < 1.29 is 0 Å². The molecule has 0 spiro atoms. The van der Waals surface area contributed by atoms with Crippen molar-refractivity contribution in [3.63, 3.8) is 0 Å². The van der Waals surface area contributed by atoms with Crippen LogP contribution in [0.1, 0.15) is 55.8 Å². The van der Waals surface area contributed by atoms with Gasteiger partial charge in [-0.3, -0.25) is 0 Å². The van der Waals surface area contributed by atoms with Crippen LogP contribution in [0.5, 0.6) is 0 Å². The van der Waals surface area contributed by atoms with Crippen molar-refractivity contribution in [2.45, 2.75) is 52.0 Å². The smallest absolute Gasteiger partial charge is 0.110 e. The van der Waals surface area contributed by atoms with Gasteiger partial charge in [0.2, 0.25) is 0 Å². The monoisotopic (exact) mass is 255 g/mol. The van der Waals surface area contributed by atoms with E-state index in [0.29, 0.717) is 6.04 Å². The highest BCUT2D eigenvalue weighted by atomic mass is 32.1. The quantitative estimate of drug-likeness (QED) is 0.667. The van der Waals surface area contributed by atoms with Crippen LogP contribution < -0.4 is 11.1 Å². The molecule has 0 bridgehead atoms. The van der Waals surface area contributed by atoms with Crippen molar-refractivity contribution in [2.24, 2.45) is 5.73 Å². The molecule has 0 fully saturated rings. The number of unbranched alkanes of at least 4 members (excludes halogenated alkanes) is 4. The van der Waals surface area contributed by atoms with E-state index in [1.54, 1.807) is 11.3 Å². The molecular formula is C13H25N3S. The first-order valence-electron chi connectivity index (χ1n) is 6.59. The van der Waals surface area contributed by atoms with E-state index in [1.165, 1.54) is 37.1 Å². The van der Waals surface area contributed by atoms with Gasteiger partial charge < -0.3 is 11.1 Å². The van der Waals surface area contributed by atoms with E-state index in [4.69, 9.17) is 5.73 Å². The van der Waals surface area contributed by atoms with Crippen molar-refractivity contribution in [3.05, 3.63) is 16.1 Å². The van der Waals surface area contributed by atoms with Crippen LogP contribution >= 0.6 is 11.3 Å². The molecule has 0 aliphatic rings. The Balaban J connectivity index is 2.03. The molecule has 1 aromatic rings. The second kappa shape index (κ2) is 8.61. The van der Waals surface area contributed by atoms with Crippen LogP contribution in [0.2, 0.25) is 0 Å². The summed E-state index contributed by atoms with van der Waals surface area (Å²) < 4.78 is 0. The Morgan fingerprint density at radius 3 is 2.65 bits per heavy atom. The average Bonchev–Trinajstić information content (AvgIpc) is 2.74. The normalized spacial score (nSPS) is 12.9. The standard InChI is InChI=1S/C13H25N3S/c1-11-10-17-13(16-11)12(2)15-9-7-5-3-4-6-8-14/h10,12,15H,3-9,14H2,1-2H3. The zero-order chi connectivity index (χ0) is 12.5. The van der Waals surface area contributed by atoms with Gasteiger partial charge >= 0.3 is 0 Å². The van der Waals surface area contributed by atoms with Crippen LogP contribution in [-0.2, 0) is 0 Å². The molecule has 0 aliphatic heterocycles. The number of nitrogens with two attached hydrogens (primary N) is 1. The van der Waals surface area contributed by atoms with Crippen LogP contribution in [0.25, 0.3) is 0 Å². The molecule has 0 saturated carbocycles. The van der Waals surface area contributed by atoms with Crippen LogP contribution in [-0.4, -0.2) is 18.1 Å². The van der Waals surface area contributed by atoms with Gasteiger partial charge in [0.25, 0.3) is 0 Å². The summed E-state index contributed by atoms with van der Waals surface area (Å²) in [4.78, 5) is 4.49. The van der Waals surface area contributed by atoms with Crippen LogP contribution in [0.3, 0.4) is 0 Å². The molecule has 98 valence electrons. The minimum absolute atomic E-state index is 0.387. The third-order valence-electron chi connectivity index (χ3n) is 2.84. The minimum atomic E-state index is 0.387. The Morgan fingerprint density at radius 2 is 2.00 bits per heavy atom. The Hall–Kier alpha value is -0.450. The van der Waals surface area contributed by atoms with Crippen LogP contribution in [0.15, 0.2) is 5.38 Å². The lowest BCUT2D eigenvalue weighted by molar-refractivity contribution is 0.527. The summed E-state index contributed by atoms with van der Waals surface area (Å²) in [5, 5.41) is 6.84. The number of aromatic nitrogens is 1. The first-order valence-corrected chi connectivity index (χ1v) is 7.47. The van der Waals surface area contributed by atoms with Gasteiger partial charge in [-0.2, -0.15) is 0 Å². The number of thiazole rings is 1. The van der Waals surface area contributed by atoms with Gasteiger partial charge in [0.05, 0.1) is 6.04 Å². The molecule has 0 saturated heterocycles. The maximum absolute atomic E-state index is 5.46. The fraction of sp³-hybridized carbons (Fsp3) is 0.769. The Bertz CT molecular complexity index is 299. The first kappa shape index (κ1) is 14.6. The van der Waals surface area contributed by atoms with Gasteiger partial charge in [-0.25, -0.2) is 4.98 Å². The summed E-state index contributed by atoms with van der Waals surface area (Å²) in [6.45, 7) is 6.15. The summed E-state index contributed by atoms with van der Waals surface area (Å²) in [5.41, 5.74) is 6.58. The third-order valence-corrected chi connectivity index (χ3v) is 3.98. The minimum Gasteiger partial charge on any atom is -0.330 e. The molecule has 1 rings (SSSR count). The van der Waals surface area contributed by atoms with Gasteiger partial charge in [0.1, 0.15) is 5.01 Å². The Morgan fingerprint density at radius 1 is 1.29 bits per heavy atom. The van der Waals surface area contributed by atoms with E-state index in [0.717, 1.165) is 18.8 Å². The van der Waals surface area contributed by atoms with Crippen molar-refractivity contribution in [3.8, 4) is 0 Å². The molecule has 1 atom stereocenters. The van der Waals surface area contributed by atoms with E-state index in [2.05, 4.69) is 22.6 Å². The fourth-order valence-electron chi connectivity index (χ4n) is 1.78. The molecule has 17 heavy (non-hydrogen) atoms. The van der Waals surface area contributed by atoms with E-state index in [9.17, 15) is 0 Å². The van der Waals surface area contributed by atoms with Gasteiger partial charge in [-0.1, -0.05) is 19.3 Å². The lowest BCUT2D eigenvalue weighted by atomic mass is 10.1. The number of rotatable bonds is 9. The van der Waals surface area contributed by atoms with Crippen molar-refractivity contribution >= 4 is 11.3 Å². The summed E-state index contributed by atoms with van der Waals surface area (Å²) in [6.07, 6.45) is 6.31. The maximum atomic E-state index is 5.46. The van der Waals surface area contributed by atoms with E-state index in [1.807, 2.05) is 6.92 Å². The van der Waals surface area contributed by atoms with E-state index in [-0.39, 0.29) is 0 Å². The zero-order valence-electron chi connectivity index (χ0n) is 11.0. The van der Waals surface area contributed by atoms with Crippen LogP contribution in [0.4, 0.5) is 0 Å². The molecule has 3 N–H and O–H groups in total.